The van der Waals surface area contributed by atoms with Gasteiger partial charge in [0, 0.05) is 0 Å². The molecule has 1 N–H and O–H groups in total. The summed E-state index contributed by atoms with van der Waals surface area (Å²) in [5.41, 5.74) is 3.37. The van der Waals surface area contributed by atoms with Gasteiger partial charge in [0.05, 0.1) is 0 Å². The molecule has 1 aromatic carbocycles. The molecule has 4 rings (SSSR count). The fraction of sp³-hybridized carbons (Fsp3) is 0.611. The number of benzene rings is 1. The molecule has 1 nitrogen and oxygen atoms in total. The molecule has 0 aliphatic heterocycles. The summed E-state index contributed by atoms with van der Waals surface area (Å²) in [5.74, 6) is 2.87. The van der Waals surface area contributed by atoms with Gasteiger partial charge < -0.3 is 5.11 Å². The molecule has 3 aliphatic carbocycles. The van der Waals surface area contributed by atoms with Gasteiger partial charge in [0.15, 0.2) is 0 Å². The van der Waals surface area contributed by atoms with E-state index < -0.39 is 0 Å². The molecule has 0 spiro atoms. The minimum absolute atomic E-state index is 0.430. The van der Waals surface area contributed by atoms with E-state index in [1.54, 1.807) is 5.29 Å². The predicted molar refractivity (Wildman–Crippen MR) is 86.0 cm³/mol. The topological polar surface area (TPSA) is 20.2 Å². The van der Waals surface area contributed by atoms with Crippen molar-refractivity contribution in [3.63, 3.8) is 0 Å². The van der Waals surface area contributed by atoms with E-state index in [1.807, 2.05) is 12.1 Å². The average Bonchev–Trinajstić information content (AvgIpc) is 2.74. The lowest BCUT2D eigenvalue weighted by atomic mass is 9.56. The lowest BCUT2D eigenvalue weighted by molar-refractivity contribution is 0.0966. The SMILES string of the molecule is CC12CC[C@@H]3c4ccc(O)cc4CC[C@H]3[C@@H]1CCC2=P. The standard InChI is InChI=1S/C18H23OP/c1-18-9-8-14-13-5-3-12(19)10-11(13)2-4-15(14)16(18)6-7-17(18)20/h3,5,10,14-16,19-20H,2,4,6-9H2,1H3/t14-,15-,16+,18?/m1/s1. The van der Waals surface area contributed by atoms with Gasteiger partial charge in [-0.15, -0.1) is 8.86 Å². The van der Waals surface area contributed by atoms with E-state index in [0.29, 0.717) is 11.2 Å². The number of fused-ring (bicyclic) bond motifs is 5. The second-order valence-electron chi connectivity index (χ2n) is 7.27. The van der Waals surface area contributed by atoms with Gasteiger partial charge in [-0.2, -0.15) is 0 Å². The first-order valence-corrected chi connectivity index (χ1v) is 8.49. The van der Waals surface area contributed by atoms with E-state index in [4.69, 9.17) is 0 Å². The van der Waals surface area contributed by atoms with Crippen molar-refractivity contribution >= 4 is 14.2 Å². The Morgan fingerprint density at radius 2 is 2.05 bits per heavy atom. The zero-order valence-corrected chi connectivity index (χ0v) is 13.2. The van der Waals surface area contributed by atoms with Crippen molar-refractivity contribution in [2.24, 2.45) is 17.3 Å². The minimum Gasteiger partial charge on any atom is -0.508 e. The Labute approximate surface area is 123 Å². The number of aromatic hydroxyl groups is 1. The van der Waals surface area contributed by atoms with Crippen LogP contribution in [0.5, 0.6) is 5.75 Å². The highest BCUT2D eigenvalue weighted by Gasteiger charge is 2.52. The van der Waals surface area contributed by atoms with Gasteiger partial charge in [0.25, 0.3) is 0 Å². The molecule has 0 bridgehead atoms. The van der Waals surface area contributed by atoms with Gasteiger partial charge in [-0.05, 0) is 90.2 Å². The van der Waals surface area contributed by atoms with Crippen molar-refractivity contribution in [3.8, 4) is 5.75 Å². The van der Waals surface area contributed by atoms with Crippen molar-refractivity contribution in [1.82, 2.24) is 0 Å². The summed E-state index contributed by atoms with van der Waals surface area (Å²) in [5, 5.41) is 11.3. The molecule has 0 radical (unpaired) electrons. The first kappa shape index (κ1) is 12.9. The first-order valence-electron chi connectivity index (χ1n) is 7.99. The Morgan fingerprint density at radius 3 is 2.90 bits per heavy atom. The highest BCUT2D eigenvalue weighted by molar-refractivity contribution is 7.21. The van der Waals surface area contributed by atoms with Crippen LogP contribution in [-0.2, 0) is 6.42 Å². The van der Waals surface area contributed by atoms with Crippen LogP contribution in [0.2, 0.25) is 0 Å². The molecule has 0 aromatic heterocycles. The smallest absolute Gasteiger partial charge is 0.115 e. The van der Waals surface area contributed by atoms with Crippen LogP contribution >= 0.6 is 8.86 Å². The molecule has 3 aliphatic rings. The Morgan fingerprint density at radius 1 is 1.20 bits per heavy atom. The highest BCUT2D eigenvalue weighted by atomic mass is 31.0. The summed E-state index contributed by atoms with van der Waals surface area (Å²) in [7, 11) is 3.93. The van der Waals surface area contributed by atoms with Gasteiger partial charge >= 0.3 is 0 Å². The summed E-state index contributed by atoms with van der Waals surface area (Å²) in [4.78, 5) is 0. The average molecular weight is 286 g/mol. The molecule has 1 unspecified atom stereocenters. The van der Waals surface area contributed by atoms with E-state index in [1.165, 1.54) is 43.2 Å². The van der Waals surface area contributed by atoms with Crippen molar-refractivity contribution in [2.45, 2.75) is 51.4 Å². The maximum Gasteiger partial charge on any atom is 0.115 e. The van der Waals surface area contributed by atoms with Crippen molar-refractivity contribution in [3.05, 3.63) is 29.3 Å². The zero-order chi connectivity index (χ0) is 13.9. The lowest BCUT2D eigenvalue weighted by Gasteiger charge is -2.49. The molecule has 4 atom stereocenters. The Hall–Kier alpha value is -0.810. The summed E-state index contributed by atoms with van der Waals surface area (Å²) >= 11 is 0. The second-order valence-corrected chi connectivity index (χ2v) is 7.88. The summed E-state index contributed by atoms with van der Waals surface area (Å²) in [6, 6.07) is 6.07. The van der Waals surface area contributed by atoms with Crippen molar-refractivity contribution in [1.29, 1.82) is 0 Å². The molecular weight excluding hydrogens is 263 g/mol. The van der Waals surface area contributed by atoms with Crippen LogP contribution in [0.25, 0.3) is 0 Å². The number of aryl methyl sites for hydroxylation is 1. The predicted octanol–water partition coefficient (Wildman–Crippen LogP) is 4.56. The molecule has 2 saturated carbocycles. The molecule has 2 heteroatoms. The molecule has 20 heavy (non-hydrogen) atoms. The van der Waals surface area contributed by atoms with Crippen LogP contribution in [0, 0.1) is 17.3 Å². The lowest BCUT2D eigenvalue weighted by Crippen LogP contribution is -2.42. The van der Waals surface area contributed by atoms with Crippen LogP contribution in [0.1, 0.15) is 56.1 Å². The van der Waals surface area contributed by atoms with Crippen LogP contribution in [0.4, 0.5) is 0 Å². The third-order valence-electron chi connectivity index (χ3n) is 6.49. The number of phenolic OH excluding ortho intramolecular Hbond substituents is 1. The third-order valence-corrected chi connectivity index (χ3v) is 7.32. The van der Waals surface area contributed by atoms with Crippen molar-refractivity contribution < 1.29 is 5.11 Å². The largest absolute Gasteiger partial charge is 0.508 e. The van der Waals surface area contributed by atoms with Gasteiger partial charge in [0.1, 0.15) is 5.75 Å². The summed E-state index contributed by atoms with van der Waals surface area (Å²) in [6.07, 6.45) is 7.71. The first-order chi connectivity index (χ1) is 9.59. The number of hydrogen-bond donors (Lipinski definition) is 1. The van der Waals surface area contributed by atoms with E-state index in [0.717, 1.165) is 24.2 Å². The maximum absolute atomic E-state index is 9.70. The monoisotopic (exact) mass is 286 g/mol. The Kier molecular flexibility index (Phi) is 2.80. The van der Waals surface area contributed by atoms with Crippen LogP contribution in [-0.4, -0.2) is 10.4 Å². The van der Waals surface area contributed by atoms with E-state index in [2.05, 4.69) is 21.9 Å². The van der Waals surface area contributed by atoms with E-state index >= 15 is 0 Å². The van der Waals surface area contributed by atoms with Crippen molar-refractivity contribution in [2.75, 3.05) is 0 Å². The molecule has 0 amide bonds. The fourth-order valence-corrected chi connectivity index (χ4v) is 5.84. The number of rotatable bonds is 0. The Balaban J connectivity index is 1.73. The number of phenols is 1. The number of hydrogen-bond acceptors (Lipinski definition) is 1. The summed E-state index contributed by atoms with van der Waals surface area (Å²) < 4.78 is 0. The van der Waals surface area contributed by atoms with Crippen LogP contribution in [0.3, 0.4) is 0 Å². The van der Waals surface area contributed by atoms with Crippen LogP contribution in [0.15, 0.2) is 18.2 Å². The van der Waals surface area contributed by atoms with Gasteiger partial charge in [-0.1, -0.05) is 13.0 Å². The molecule has 106 valence electrons. The zero-order valence-electron chi connectivity index (χ0n) is 12.2. The molecule has 0 saturated heterocycles. The molecule has 2 fully saturated rings. The highest BCUT2D eigenvalue weighted by Crippen LogP contribution is 2.60. The maximum atomic E-state index is 9.70. The molecular formula is C18H23OP. The van der Waals surface area contributed by atoms with Crippen LogP contribution < -0.4 is 0 Å². The minimum atomic E-state index is 0.430. The Bertz CT molecular complexity index is 579. The molecule has 1 aromatic rings. The normalized spacial score (nSPS) is 39.0. The summed E-state index contributed by atoms with van der Waals surface area (Å²) in [6.45, 7) is 2.48. The van der Waals surface area contributed by atoms with E-state index in [-0.39, 0.29) is 0 Å². The van der Waals surface area contributed by atoms with Gasteiger partial charge in [-0.25, -0.2) is 0 Å². The third kappa shape index (κ3) is 1.65. The van der Waals surface area contributed by atoms with Gasteiger partial charge in [0.2, 0.25) is 0 Å². The molecule has 0 heterocycles. The van der Waals surface area contributed by atoms with Gasteiger partial charge in [-0.3, -0.25) is 0 Å². The fourth-order valence-electron chi connectivity index (χ4n) is 5.38. The van der Waals surface area contributed by atoms with E-state index in [9.17, 15) is 5.11 Å². The second kappa shape index (κ2) is 4.34. The quantitative estimate of drug-likeness (QED) is 0.693.